The second-order valence-corrected chi connectivity index (χ2v) is 23.1. The zero-order valence-corrected chi connectivity index (χ0v) is 54.0. The van der Waals surface area contributed by atoms with Crippen LogP contribution in [0.3, 0.4) is 0 Å². The highest BCUT2D eigenvalue weighted by molar-refractivity contribution is 5.71. The van der Waals surface area contributed by atoms with Gasteiger partial charge in [-0.2, -0.15) is 0 Å². The first-order valence-corrected chi connectivity index (χ1v) is 34.9. The van der Waals surface area contributed by atoms with Crippen LogP contribution in [0.15, 0.2) is 109 Å². The van der Waals surface area contributed by atoms with Gasteiger partial charge >= 0.3 is 17.9 Å². The fourth-order valence-electron chi connectivity index (χ4n) is 9.77. The van der Waals surface area contributed by atoms with Crippen molar-refractivity contribution in [1.29, 1.82) is 0 Å². The minimum absolute atomic E-state index is 0.0843. The molecule has 0 heterocycles. The lowest BCUT2D eigenvalue weighted by Gasteiger charge is -2.18. The zero-order valence-electron chi connectivity index (χ0n) is 54.0. The van der Waals surface area contributed by atoms with Crippen molar-refractivity contribution in [2.24, 2.45) is 0 Å². The summed E-state index contributed by atoms with van der Waals surface area (Å²) in [6.45, 7) is 6.54. The van der Waals surface area contributed by atoms with Crippen molar-refractivity contribution in [3.63, 3.8) is 0 Å². The molecule has 0 radical (unpaired) electrons. The van der Waals surface area contributed by atoms with E-state index in [1.165, 1.54) is 180 Å². The number of hydrogen-bond acceptors (Lipinski definition) is 6. The topological polar surface area (TPSA) is 78.9 Å². The summed E-state index contributed by atoms with van der Waals surface area (Å²) in [7, 11) is 0. The Morgan fingerprint density at radius 2 is 0.476 bits per heavy atom. The van der Waals surface area contributed by atoms with Gasteiger partial charge in [0.1, 0.15) is 13.2 Å². The summed E-state index contributed by atoms with van der Waals surface area (Å²) in [6.07, 6.45) is 95.3. The number of carbonyl (C=O) groups is 3. The SMILES string of the molecule is CC/C=C\C/C=C\C/C=C\C/C=C\C/C=C\C/C=C\C/C=C\CCCCCCCCCCCC(=O)OCC(COC(=O)CCCCCCC/C=C\CCCCCCCC)OC(=O)CCCCCCCCC/C=C\CCCCCCCCC. The average Bonchev–Trinajstić information content (AvgIpc) is 3.47. The first kappa shape index (κ1) is 78.1. The van der Waals surface area contributed by atoms with Crippen LogP contribution in [0.25, 0.3) is 0 Å². The van der Waals surface area contributed by atoms with Gasteiger partial charge in [-0.3, -0.25) is 14.4 Å². The molecular formula is C76H130O6. The van der Waals surface area contributed by atoms with Crippen LogP contribution in [0.2, 0.25) is 0 Å². The fourth-order valence-corrected chi connectivity index (χ4v) is 9.77. The molecule has 0 aliphatic heterocycles. The Morgan fingerprint density at radius 3 is 0.756 bits per heavy atom. The molecule has 0 saturated heterocycles. The summed E-state index contributed by atoms with van der Waals surface area (Å²) in [5, 5.41) is 0. The molecule has 6 heteroatoms. The second-order valence-electron chi connectivity index (χ2n) is 23.1. The van der Waals surface area contributed by atoms with Crippen molar-refractivity contribution in [2.75, 3.05) is 13.2 Å². The summed E-state index contributed by atoms with van der Waals surface area (Å²) in [5.41, 5.74) is 0. The van der Waals surface area contributed by atoms with Crippen LogP contribution in [0.1, 0.15) is 335 Å². The summed E-state index contributed by atoms with van der Waals surface area (Å²) >= 11 is 0. The average molecular weight is 1140 g/mol. The van der Waals surface area contributed by atoms with E-state index in [-0.39, 0.29) is 31.1 Å². The van der Waals surface area contributed by atoms with Crippen LogP contribution in [0.4, 0.5) is 0 Å². The van der Waals surface area contributed by atoms with E-state index in [2.05, 4.69) is 130 Å². The molecule has 0 spiro atoms. The molecule has 0 aliphatic carbocycles. The molecular weight excluding hydrogens is 1010 g/mol. The number of allylic oxidation sites excluding steroid dienone is 18. The molecule has 1 atom stereocenters. The van der Waals surface area contributed by atoms with Crippen LogP contribution in [-0.2, 0) is 28.6 Å². The number of unbranched alkanes of at least 4 members (excludes halogenated alkanes) is 34. The van der Waals surface area contributed by atoms with E-state index in [1.54, 1.807) is 0 Å². The van der Waals surface area contributed by atoms with Crippen molar-refractivity contribution in [3.05, 3.63) is 109 Å². The highest BCUT2D eigenvalue weighted by Gasteiger charge is 2.19. The van der Waals surface area contributed by atoms with Gasteiger partial charge in [-0.25, -0.2) is 0 Å². The molecule has 0 fully saturated rings. The lowest BCUT2D eigenvalue weighted by molar-refractivity contribution is -0.167. The van der Waals surface area contributed by atoms with Gasteiger partial charge in [0.25, 0.3) is 0 Å². The van der Waals surface area contributed by atoms with E-state index < -0.39 is 6.10 Å². The normalized spacial score (nSPS) is 12.8. The predicted molar refractivity (Wildman–Crippen MR) is 357 cm³/mol. The quantitative estimate of drug-likeness (QED) is 0.0261. The monoisotopic (exact) mass is 1140 g/mol. The van der Waals surface area contributed by atoms with Crippen molar-refractivity contribution in [3.8, 4) is 0 Å². The Morgan fingerprint density at radius 1 is 0.256 bits per heavy atom. The molecule has 0 N–H and O–H groups in total. The Balaban J connectivity index is 4.32. The van der Waals surface area contributed by atoms with Gasteiger partial charge in [-0.05, 0) is 128 Å². The van der Waals surface area contributed by atoms with Crippen molar-refractivity contribution in [1.82, 2.24) is 0 Å². The number of esters is 3. The Hall–Kier alpha value is -3.93. The van der Waals surface area contributed by atoms with Gasteiger partial charge in [-0.15, -0.1) is 0 Å². The first-order chi connectivity index (χ1) is 40.5. The minimum atomic E-state index is -0.788. The van der Waals surface area contributed by atoms with E-state index in [4.69, 9.17) is 14.2 Å². The number of rotatable bonds is 63. The molecule has 0 aromatic carbocycles. The maximum Gasteiger partial charge on any atom is 0.306 e. The van der Waals surface area contributed by atoms with E-state index in [0.29, 0.717) is 19.3 Å². The van der Waals surface area contributed by atoms with Crippen LogP contribution in [0.5, 0.6) is 0 Å². The largest absolute Gasteiger partial charge is 0.462 e. The van der Waals surface area contributed by atoms with Crippen LogP contribution in [0, 0.1) is 0 Å². The Labute approximate surface area is 508 Å². The van der Waals surface area contributed by atoms with Crippen molar-refractivity contribution >= 4 is 17.9 Å². The molecule has 0 aliphatic rings. The standard InChI is InChI=1S/C76H130O6/c1-4-7-10-13-16-19-22-25-28-30-32-33-34-35-36-37-38-39-40-41-42-43-44-46-48-51-54-57-60-63-66-69-75(78)81-72-73(71-80-74(77)68-65-62-59-56-53-50-47-27-24-21-18-15-12-9-6-3)82-76(79)70-67-64-61-58-55-52-49-45-31-29-26-23-20-17-14-11-8-5-2/h7,10,16,19,25,27-29,31-33,35-36,38-39,41-42,47,73H,4-6,8-9,11-15,17-18,20-24,26,30,34,37,40,43-46,48-72H2,1-3H3/b10-7-,19-16-,28-25-,31-29-,33-32-,36-35-,39-38-,42-41-,47-27-. The third kappa shape index (κ3) is 66.9. The number of ether oxygens (including phenoxy) is 3. The molecule has 0 bridgehead atoms. The van der Waals surface area contributed by atoms with Crippen molar-refractivity contribution in [2.45, 2.75) is 341 Å². The van der Waals surface area contributed by atoms with Gasteiger partial charge in [0, 0.05) is 19.3 Å². The van der Waals surface area contributed by atoms with Crippen LogP contribution < -0.4 is 0 Å². The Kier molecular flexibility index (Phi) is 66.2. The number of hydrogen-bond donors (Lipinski definition) is 0. The maximum atomic E-state index is 12.9. The highest BCUT2D eigenvalue weighted by Crippen LogP contribution is 2.16. The van der Waals surface area contributed by atoms with Gasteiger partial charge in [-0.1, -0.05) is 297 Å². The molecule has 0 aromatic rings. The predicted octanol–water partition coefficient (Wildman–Crippen LogP) is 24.2. The Bertz CT molecular complexity index is 1640. The van der Waals surface area contributed by atoms with Crippen molar-refractivity contribution < 1.29 is 28.6 Å². The van der Waals surface area contributed by atoms with Gasteiger partial charge < -0.3 is 14.2 Å². The third-order valence-electron chi connectivity index (χ3n) is 15.0. The van der Waals surface area contributed by atoms with E-state index in [0.717, 1.165) is 116 Å². The van der Waals surface area contributed by atoms with E-state index >= 15 is 0 Å². The highest BCUT2D eigenvalue weighted by atomic mass is 16.6. The summed E-state index contributed by atoms with van der Waals surface area (Å²) in [5.74, 6) is -0.890. The lowest BCUT2D eigenvalue weighted by Crippen LogP contribution is -2.30. The smallest absolute Gasteiger partial charge is 0.306 e. The van der Waals surface area contributed by atoms with Crippen LogP contribution >= 0.6 is 0 Å². The minimum Gasteiger partial charge on any atom is -0.462 e. The number of carbonyl (C=O) groups excluding carboxylic acids is 3. The summed E-state index contributed by atoms with van der Waals surface area (Å²) in [4.78, 5) is 38.4. The molecule has 0 saturated carbocycles. The zero-order chi connectivity index (χ0) is 59.2. The summed E-state index contributed by atoms with van der Waals surface area (Å²) in [6, 6.07) is 0. The molecule has 0 aromatic heterocycles. The van der Waals surface area contributed by atoms with Crippen LogP contribution in [-0.4, -0.2) is 37.2 Å². The molecule has 1 unspecified atom stereocenters. The summed E-state index contributed by atoms with van der Waals surface area (Å²) < 4.78 is 17.0. The lowest BCUT2D eigenvalue weighted by atomic mass is 10.1. The first-order valence-electron chi connectivity index (χ1n) is 34.9. The van der Waals surface area contributed by atoms with E-state index in [9.17, 15) is 14.4 Å². The second kappa shape index (κ2) is 69.6. The molecule has 470 valence electrons. The van der Waals surface area contributed by atoms with Gasteiger partial charge in [0.2, 0.25) is 0 Å². The molecule has 0 rings (SSSR count). The third-order valence-corrected chi connectivity index (χ3v) is 15.0. The molecule has 0 amide bonds. The molecule has 6 nitrogen and oxygen atoms in total. The van der Waals surface area contributed by atoms with E-state index in [1.807, 2.05) is 0 Å². The fraction of sp³-hybridized carbons (Fsp3) is 0.724. The maximum absolute atomic E-state index is 12.9. The molecule has 82 heavy (non-hydrogen) atoms. The van der Waals surface area contributed by atoms with Gasteiger partial charge in [0.15, 0.2) is 6.10 Å². The van der Waals surface area contributed by atoms with Gasteiger partial charge in [0.05, 0.1) is 0 Å².